The molecule has 104 valence electrons. The first-order valence-corrected chi connectivity index (χ1v) is 7.84. The van der Waals surface area contributed by atoms with Crippen LogP contribution in [0.2, 0.25) is 5.02 Å². The average Bonchev–Trinajstić information content (AvgIpc) is 2.53. The highest BCUT2D eigenvalue weighted by molar-refractivity contribution is 9.10. The van der Waals surface area contributed by atoms with Gasteiger partial charge < -0.3 is 0 Å². The number of halogens is 2. The molecule has 0 spiro atoms. The fraction of sp³-hybridized carbons (Fsp3) is 0.0556. The zero-order valence-corrected chi connectivity index (χ0v) is 13.6. The second-order valence-electron chi connectivity index (χ2n) is 4.83. The van der Waals surface area contributed by atoms with Crippen LogP contribution in [-0.2, 0) is 6.42 Å². The average molecular weight is 359 g/mol. The number of rotatable bonds is 3. The molecule has 1 heterocycles. The Morgan fingerprint density at radius 1 is 0.952 bits per heavy atom. The Bertz CT molecular complexity index is 739. The minimum Gasteiger partial charge on any atom is -0.256 e. The summed E-state index contributed by atoms with van der Waals surface area (Å²) in [5, 5.41) is 0.783. The number of benzene rings is 2. The lowest BCUT2D eigenvalue weighted by Gasteiger charge is -2.06. The second-order valence-corrected chi connectivity index (χ2v) is 6.15. The van der Waals surface area contributed by atoms with Crippen molar-refractivity contribution in [3.05, 3.63) is 87.5 Å². The predicted molar refractivity (Wildman–Crippen MR) is 91.6 cm³/mol. The first-order valence-electron chi connectivity index (χ1n) is 6.66. The highest BCUT2D eigenvalue weighted by Gasteiger charge is 2.04. The summed E-state index contributed by atoms with van der Waals surface area (Å²) in [5.41, 5.74) is 4.36. The largest absolute Gasteiger partial charge is 0.256 e. The maximum atomic E-state index is 6.23. The number of nitrogens with zero attached hydrogens (tertiary/aromatic N) is 1. The monoisotopic (exact) mass is 357 g/mol. The molecular weight excluding hydrogens is 346 g/mol. The lowest BCUT2D eigenvalue weighted by atomic mass is 10.1. The van der Waals surface area contributed by atoms with Gasteiger partial charge in [-0.1, -0.05) is 63.9 Å². The third-order valence-electron chi connectivity index (χ3n) is 3.30. The van der Waals surface area contributed by atoms with Crippen molar-refractivity contribution in [2.45, 2.75) is 6.42 Å². The van der Waals surface area contributed by atoms with E-state index in [9.17, 15) is 0 Å². The van der Waals surface area contributed by atoms with Crippen molar-refractivity contribution in [3.8, 4) is 11.3 Å². The molecule has 3 aromatic rings. The maximum absolute atomic E-state index is 6.23. The molecule has 3 heteroatoms. The van der Waals surface area contributed by atoms with Crippen LogP contribution in [0.3, 0.4) is 0 Å². The molecular formula is C18H13BrClN. The summed E-state index contributed by atoms with van der Waals surface area (Å²) in [6, 6.07) is 20.2. The van der Waals surface area contributed by atoms with E-state index in [1.807, 2.05) is 42.6 Å². The normalized spacial score (nSPS) is 10.6. The molecule has 3 rings (SSSR count). The van der Waals surface area contributed by atoms with Crippen LogP contribution in [0.5, 0.6) is 0 Å². The van der Waals surface area contributed by atoms with Crippen LogP contribution in [0.4, 0.5) is 0 Å². The van der Waals surface area contributed by atoms with Crippen molar-refractivity contribution in [1.29, 1.82) is 0 Å². The zero-order chi connectivity index (χ0) is 14.7. The molecule has 1 nitrogen and oxygen atoms in total. The van der Waals surface area contributed by atoms with E-state index in [0.717, 1.165) is 38.3 Å². The summed E-state index contributed by atoms with van der Waals surface area (Å²) in [4.78, 5) is 4.54. The van der Waals surface area contributed by atoms with Crippen LogP contribution in [0, 0.1) is 0 Å². The van der Waals surface area contributed by atoms with Crippen LogP contribution in [0.1, 0.15) is 11.1 Å². The van der Waals surface area contributed by atoms with E-state index >= 15 is 0 Å². The number of aromatic nitrogens is 1. The molecule has 0 aliphatic carbocycles. The van der Waals surface area contributed by atoms with E-state index in [1.54, 1.807) is 0 Å². The van der Waals surface area contributed by atoms with Crippen LogP contribution < -0.4 is 0 Å². The Morgan fingerprint density at radius 2 is 1.76 bits per heavy atom. The second kappa shape index (κ2) is 6.42. The standard InChI is InChI=1S/C18H13BrClN/c19-16-7-8-17(20)15(11-16)10-13-6-9-18(21-12-13)14-4-2-1-3-5-14/h1-9,11-12H,10H2. The van der Waals surface area contributed by atoms with Gasteiger partial charge in [0.1, 0.15) is 0 Å². The van der Waals surface area contributed by atoms with Crippen molar-refractivity contribution in [1.82, 2.24) is 4.98 Å². The van der Waals surface area contributed by atoms with Gasteiger partial charge in [-0.2, -0.15) is 0 Å². The van der Waals surface area contributed by atoms with Gasteiger partial charge in [0.15, 0.2) is 0 Å². The van der Waals surface area contributed by atoms with Crippen molar-refractivity contribution in [3.63, 3.8) is 0 Å². The van der Waals surface area contributed by atoms with Gasteiger partial charge >= 0.3 is 0 Å². The summed E-state index contributed by atoms with van der Waals surface area (Å²) in [6.07, 6.45) is 2.69. The van der Waals surface area contributed by atoms with Crippen molar-refractivity contribution < 1.29 is 0 Å². The van der Waals surface area contributed by atoms with Crippen molar-refractivity contribution >= 4 is 27.5 Å². The highest BCUT2D eigenvalue weighted by Crippen LogP contribution is 2.24. The SMILES string of the molecule is Clc1ccc(Br)cc1Cc1ccc(-c2ccccc2)nc1. The molecule has 21 heavy (non-hydrogen) atoms. The van der Waals surface area contributed by atoms with Gasteiger partial charge in [0.25, 0.3) is 0 Å². The Balaban J connectivity index is 1.83. The first-order chi connectivity index (χ1) is 10.2. The van der Waals surface area contributed by atoms with Crippen LogP contribution >= 0.6 is 27.5 Å². The predicted octanol–water partition coefficient (Wildman–Crippen LogP) is 5.76. The molecule has 0 aliphatic heterocycles. The summed E-state index contributed by atoms with van der Waals surface area (Å²) in [7, 11) is 0. The van der Waals surface area contributed by atoms with E-state index in [0.29, 0.717) is 0 Å². The Labute approximate surface area is 137 Å². The molecule has 1 aromatic heterocycles. The minimum atomic E-state index is 0.778. The number of hydrogen-bond donors (Lipinski definition) is 0. The highest BCUT2D eigenvalue weighted by atomic mass is 79.9. The van der Waals surface area contributed by atoms with E-state index in [4.69, 9.17) is 11.6 Å². The molecule has 0 unspecified atom stereocenters. The molecule has 0 fully saturated rings. The van der Waals surface area contributed by atoms with Gasteiger partial charge in [0, 0.05) is 27.7 Å². The summed E-state index contributed by atoms with van der Waals surface area (Å²) >= 11 is 9.71. The fourth-order valence-corrected chi connectivity index (χ4v) is 2.80. The molecule has 0 amide bonds. The Kier molecular flexibility index (Phi) is 4.37. The van der Waals surface area contributed by atoms with Gasteiger partial charge in [-0.15, -0.1) is 0 Å². The van der Waals surface area contributed by atoms with Gasteiger partial charge in [-0.3, -0.25) is 4.98 Å². The quantitative estimate of drug-likeness (QED) is 0.580. The van der Waals surface area contributed by atoms with E-state index in [-0.39, 0.29) is 0 Å². The molecule has 2 aromatic carbocycles. The number of pyridine rings is 1. The van der Waals surface area contributed by atoms with Gasteiger partial charge in [0.2, 0.25) is 0 Å². The minimum absolute atomic E-state index is 0.778. The maximum Gasteiger partial charge on any atom is 0.0702 e. The van der Waals surface area contributed by atoms with E-state index < -0.39 is 0 Å². The zero-order valence-electron chi connectivity index (χ0n) is 11.3. The first kappa shape index (κ1) is 14.3. The Hall–Kier alpha value is -1.64. The molecule has 0 N–H and O–H groups in total. The van der Waals surface area contributed by atoms with Crippen molar-refractivity contribution in [2.24, 2.45) is 0 Å². The molecule has 0 aliphatic rings. The van der Waals surface area contributed by atoms with E-state index in [1.165, 1.54) is 0 Å². The van der Waals surface area contributed by atoms with Crippen LogP contribution in [0.25, 0.3) is 11.3 Å². The summed E-state index contributed by atoms with van der Waals surface area (Å²) in [5.74, 6) is 0. The smallest absolute Gasteiger partial charge is 0.0702 e. The summed E-state index contributed by atoms with van der Waals surface area (Å²) in [6.45, 7) is 0. The van der Waals surface area contributed by atoms with Crippen molar-refractivity contribution in [2.75, 3.05) is 0 Å². The third-order valence-corrected chi connectivity index (χ3v) is 4.16. The van der Waals surface area contributed by atoms with Crippen LogP contribution in [0.15, 0.2) is 71.3 Å². The summed E-state index contributed by atoms with van der Waals surface area (Å²) < 4.78 is 1.04. The number of hydrogen-bond acceptors (Lipinski definition) is 1. The lowest BCUT2D eigenvalue weighted by molar-refractivity contribution is 1.15. The fourth-order valence-electron chi connectivity index (χ4n) is 2.21. The molecule has 0 bridgehead atoms. The van der Waals surface area contributed by atoms with Gasteiger partial charge in [0.05, 0.1) is 5.69 Å². The van der Waals surface area contributed by atoms with Gasteiger partial charge in [-0.05, 0) is 35.4 Å². The molecule has 0 atom stereocenters. The molecule has 0 saturated carbocycles. The third kappa shape index (κ3) is 3.52. The molecule has 0 radical (unpaired) electrons. The van der Waals surface area contributed by atoms with E-state index in [2.05, 4.69) is 45.2 Å². The Morgan fingerprint density at radius 3 is 2.48 bits per heavy atom. The lowest BCUT2D eigenvalue weighted by Crippen LogP contribution is -1.92. The van der Waals surface area contributed by atoms with Crippen LogP contribution in [-0.4, -0.2) is 4.98 Å². The topological polar surface area (TPSA) is 12.9 Å². The van der Waals surface area contributed by atoms with Gasteiger partial charge in [-0.25, -0.2) is 0 Å². The molecule has 0 saturated heterocycles.